The number of aliphatic carboxylic acids is 1. The smallest absolute Gasteiger partial charge is 0.326 e. The van der Waals surface area contributed by atoms with Crippen molar-refractivity contribution >= 4 is 29.7 Å². The Kier molecular flexibility index (Phi) is 10.2. The number of nitrogens with zero attached hydrogens (tertiary/aromatic N) is 2. The summed E-state index contributed by atoms with van der Waals surface area (Å²) >= 11 is 0. The number of likely N-dealkylation sites (tertiary alicyclic amines) is 1. The molecule has 1 aliphatic heterocycles. The summed E-state index contributed by atoms with van der Waals surface area (Å²) < 4.78 is 0. The molecule has 0 aromatic heterocycles. The van der Waals surface area contributed by atoms with Gasteiger partial charge >= 0.3 is 5.97 Å². The van der Waals surface area contributed by atoms with Crippen LogP contribution in [0.25, 0.3) is 0 Å². The Labute approximate surface area is 221 Å². The van der Waals surface area contributed by atoms with E-state index in [4.69, 9.17) is 11.5 Å². The van der Waals surface area contributed by atoms with Crippen molar-refractivity contribution in [1.82, 2.24) is 15.5 Å². The average Bonchev–Trinajstić information content (AvgIpc) is 3.40. The maximum absolute atomic E-state index is 13.4. The van der Waals surface area contributed by atoms with Gasteiger partial charge < -0.3 is 32.1 Å². The highest BCUT2D eigenvalue weighted by atomic mass is 16.4. The predicted octanol–water partition coefficient (Wildman–Crippen LogP) is 0.642. The zero-order chi connectivity index (χ0) is 27.5. The molecule has 3 amide bonds. The van der Waals surface area contributed by atoms with Gasteiger partial charge in [0.2, 0.25) is 11.8 Å². The molecular weight excluding hydrogens is 488 g/mol. The largest absolute Gasteiger partial charge is 0.480 e. The fourth-order valence-electron chi connectivity index (χ4n) is 4.39. The standard InChI is InChI=1S/C27H34N6O5/c28-27(29)30-15-7-13-20(26(37)38)31-23(34)21(17-18-9-3-1-4-10-18)32-24(35)22-14-8-16-33(22)25(36)19-11-5-2-6-12-19/h1-6,9-12,20-22H,7-8,13-17H2,(H,31,34)(H,32,35)(H,37,38)(H4,28,29,30)/t20?,21?,22-/m0/s1. The van der Waals surface area contributed by atoms with E-state index >= 15 is 0 Å². The molecule has 11 nitrogen and oxygen atoms in total. The number of hydrogen-bond acceptors (Lipinski definition) is 5. The molecule has 1 aliphatic rings. The summed E-state index contributed by atoms with van der Waals surface area (Å²) in [6, 6.07) is 14.8. The maximum atomic E-state index is 13.4. The van der Waals surface area contributed by atoms with Crippen LogP contribution in [0.15, 0.2) is 65.7 Å². The quantitative estimate of drug-likeness (QED) is 0.154. The highest BCUT2D eigenvalue weighted by Gasteiger charge is 2.36. The van der Waals surface area contributed by atoms with Gasteiger partial charge in [-0.2, -0.15) is 0 Å². The zero-order valence-corrected chi connectivity index (χ0v) is 21.1. The van der Waals surface area contributed by atoms with E-state index in [1.54, 1.807) is 24.3 Å². The van der Waals surface area contributed by atoms with E-state index in [0.29, 0.717) is 31.4 Å². The Balaban J connectivity index is 1.73. The molecule has 1 heterocycles. The van der Waals surface area contributed by atoms with Crippen LogP contribution in [-0.4, -0.2) is 70.9 Å². The number of nitrogens with one attached hydrogen (secondary N) is 2. The van der Waals surface area contributed by atoms with Gasteiger partial charge in [-0.15, -0.1) is 0 Å². The summed E-state index contributed by atoms with van der Waals surface area (Å²) in [6.07, 6.45) is 1.71. The molecule has 0 aliphatic carbocycles. The number of rotatable bonds is 12. The summed E-state index contributed by atoms with van der Waals surface area (Å²) in [5, 5.41) is 14.9. The van der Waals surface area contributed by atoms with E-state index in [1.807, 2.05) is 36.4 Å². The van der Waals surface area contributed by atoms with Crippen LogP contribution >= 0.6 is 0 Å². The lowest BCUT2D eigenvalue weighted by molar-refractivity contribution is -0.142. The molecule has 38 heavy (non-hydrogen) atoms. The second kappa shape index (κ2) is 13.8. The molecule has 1 fully saturated rings. The first-order valence-electron chi connectivity index (χ1n) is 12.5. The van der Waals surface area contributed by atoms with Crippen molar-refractivity contribution in [3.8, 4) is 0 Å². The molecular formula is C27H34N6O5. The van der Waals surface area contributed by atoms with E-state index in [0.717, 1.165) is 5.56 Å². The van der Waals surface area contributed by atoms with Gasteiger partial charge in [-0.1, -0.05) is 48.5 Å². The highest BCUT2D eigenvalue weighted by Crippen LogP contribution is 2.21. The van der Waals surface area contributed by atoms with Gasteiger partial charge in [0.25, 0.3) is 5.91 Å². The van der Waals surface area contributed by atoms with Crippen LogP contribution in [0.5, 0.6) is 0 Å². The summed E-state index contributed by atoms with van der Waals surface area (Å²) in [4.78, 5) is 56.8. The SMILES string of the molecule is NC(N)=NCCCC(NC(=O)C(Cc1ccccc1)NC(=O)[C@@H]1CCCN1C(=O)c1ccccc1)C(=O)O. The first kappa shape index (κ1) is 28.2. The van der Waals surface area contributed by atoms with Crippen LogP contribution in [0.4, 0.5) is 0 Å². The number of nitrogens with two attached hydrogens (primary N) is 2. The van der Waals surface area contributed by atoms with Crippen molar-refractivity contribution < 1.29 is 24.3 Å². The van der Waals surface area contributed by atoms with Crippen LogP contribution < -0.4 is 22.1 Å². The first-order valence-corrected chi connectivity index (χ1v) is 12.5. The van der Waals surface area contributed by atoms with Gasteiger partial charge in [0.15, 0.2) is 5.96 Å². The Morgan fingerprint density at radius 1 is 0.974 bits per heavy atom. The molecule has 0 radical (unpaired) electrons. The van der Waals surface area contributed by atoms with Crippen molar-refractivity contribution in [3.05, 3.63) is 71.8 Å². The molecule has 2 unspecified atom stereocenters. The van der Waals surface area contributed by atoms with E-state index in [1.165, 1.54) is 4.90 Å². The molecule has 0 saturated carbocycles. The van der Waals surface area contributed by atoms with E-state index in [9.17, 15) is 24.3 Å². The Hall–Kier alpha value is -4.41. The van der Waals surface area contributed by atoms with Gasteiger partial charge in [-0.05, 0) is 43.4 Å². The van der Waals surface area contributed by atoms with Crippen LogP contribution in [0.2, 0.25) is 0 Å². The summed E-state index contributed by atoms with van der Waals surface area (Å²) in [5.74, 6) is -2.64. The maximum Gasteiger partial charge on any atom is 0.326 e. The Morgan fingerprint density at radius 3 is 2.26 bits per heavy atom. The van der Waals surface area contributed by atoms with E-state index in [-0.39, 0.29) is 31.3 Å². The van der Waals surface area contributed by atoms with Crippen molar-refractivity contribution in [2.75, 3.05) is 13.1 Å². The highest BCUT2D eigenvalue weighted by molar-refractivity contribution is 5.99. The average molecular weight is 523 g/mol. The number of aliphatic imine (C=N–C) groups is 1. The van der Waals surface area contributed by atoms with Gasteiger partial charge in [-0.3, -0.25) is 19.4 Å². The number of carbonyl (C=O) groups is 4. The van der Waals surface area contributed by atoms with Crippen LogP contribution in [0, 0.1) is 0 Å². The number of benzene rings is 2. The molecule has 7 N–H and O–H groups in total. The summed E-state index contributed by atoms with van der Waals surface area (Å²) in [5.41, 5.74) is 11.9. The lowest BCUT2D eigenvalue weighted by atomic mass is 10.0. The molecule has 11 heteroatoms. The number of carboxylic acids is 1. The normalized spacial score (nSPS) is 16.2. The fourth-order valence-corrected chi connectivity index (χ4v) is 4.39. The van der Waals surface area contributed by atoms with E-state index in [2.05, 4.69) is 15.6 Å². The Morgan fingerprint density at radius 2 is 1.63 bits per heavy atom. The lowest BCUT2D eigenvalue weighted by Gasteiger charge is -2.27. The minimum atomic E-state index is -1.21. The third-order valence-corrected chi connectivity index (χ3v) is 6.31. The van der Waals surface area contributed by atoms with Crippen molar-refractivity contribution in [2.24, 2.45) is 16.5 Å². The van der Waals surface area contributed by atoms with Crippen LogP contribution in [0.1, 0.15) is 41.6 Å². The molecule has 0 bridgehead atoms. The lowest BCUT2D eigenvalue weighted by Crippen LogP contribution is -2.56. The predicted molar refractivity (Wildman–Crippen MR) is 142 cm³/mol. The Bertz CT molecular complexity index is 1140. The molecule has 3 atom stereocenters. The second-order valence-electron chi connectivity index (χ2n) is 9.12. The van der Waals surface area contributed by atoms with Crippen molar-refractivity contribution in [2.45, 2.75) is 50.2 Å². The third kappa shape index (κ3) is 8.05. The number of carboxylic acid groups (broad SMARTS) is 1. The molecule has 202 valence electrons. The molecule has 1 saturated heterocycles. The monoisotopic (exact) mass is 522 g/mol. The molecule has 0 spiro atoms. The van der Waals surface area contributed by atoms with Gasteiger partial charge in [0.1, 0.15) is 18.1 Å². The minimum Gasteiger partial charge on any atom is -0.480 e. The number of carbonyl (C=O) groups excluding carboxylic acids is 3. The van der Waals surface area contributed by atoms with Crippen LogP contribution in [-0.2, 0) is 20.8 Å². The van der Waals surface area contributed by atoms with Gasteiger partial charge in [-0.25, -0.2) is 4.79 Å². The van der Waals surface area contributed by atoms with Crippen molar-refractivity contribution in [3.63, 3.8) is 0 Å². The minimum absolute atomic E-state index is 0.0988. The zero-order valence-electron chi connectivity index (χ0n) is 21.1. The summed E-state index contributed by atoms with van der Waals surface area (Å²) in [6.45, 7) is 0.650. The molecule has 3 rings (SSSR count). The first-order chi connectivity index (χ1) is 18.3. The number of hydrogen-bond donors (Lipinski definition) is 5. The van der Waals surface area contributed by atoms with Crippen molar-refractivity contribution in [1.29, 1.82) is 0 Å². The third-order valence-electron chi connectivity index (χ3n) is 6.31. The molecule has 2 aromatic carbocycles. The number of guanidine groups is 1. The fraction of sp³-hybridized carbons (Fsp3) is 0.370. The second-order valence-corrected chi connectivity index (χ2v) is 9.12. The molecule has 2 aromatic rings. The van der Waals surface area contributed by atoms with Gasteiger partial charge in [0.05, 0.1) is 0 Å². The number of amides is 3. The van der Waals surface area contributed by atoms with E-state index < -0.39 is 35.9 Å². The van der Waals surface area contributed by atoms with Crippen LogP contribution in [0.3, 0.4) is 0 Å². The topological polar surface area (TPSA) is 180 Å². The van der Waals surface area contributed by atoms with Gasteiger partial charge in [0, 0.05) is 25.1 Å². The summed E-state index contributed by atoms with van der Waals surface area (Å²) in [7, 11) is 0.